The highest BCUT2D eigenvalue weighted by Gasteiger charge is 2.43. The van der Waals surface area contributed by atoms with Gasteiger partial charge in [0.2, 0.25) is 11.7 Å². The van der Waals surface area contributed by atoms with Gasteiger partial charge in [-0.25, -0.2) is 9.97 Å². The molecule has 4 heterocycles. The van der Waals surface area contributed by atoms with E-state index in [0.29, 0.717) is 32.6 Å². The molecule has 34 heavy (non-hydrogen) atoms. The summed E-state index contributed by atoms with van der Waals surface area (Å²) < 4.78 is 6.28. The normalized spacial score (nSPS) is 20.7. The van der Waals surface area contributed by atoms with Crippen LogP contribution >= 0.6 is 0 Å². The van der Waals surface area contributed by atoms with E-state index in [1.54, 1.807) is 0 Å². The molecule has 5 rings (SSSR count). The summed E-state index contributed by atoms with van der Waals surface area (Å²) in [6.45, 7) is 4.97. The van der Waals surface area contributed by atoms with Crippen LogP contribution in [-0.4, -0.2) is 58.0 Å². The molecule has 0 radical (unpaired) electrons. The summed E-state index contributed by atoms with van der Waals surface area (Å²) in [5, 5.41) is 0. The van der Waals surface area contributed by atoms with Gasteiger partial charge in [-0.15, -0.1) is 0 Å². The lowest BCUT2D eigenvalue weighted by Crippen LogP contribution is -2.62. The van der Waals surface area contributed by atoms with Crippen molar-refractivity contribution in [2.45, 2.75) is 51.2 Å². The number of carbonyl (C=O) groups excluding carboxylic acids is 1. The number of hydrogen-bond acceptors (Lipinski definition) is 8. The molecule has 8 heteroatoms. The summed E-state index contributed by atoms with van der Waals surface area (Å²) in [5.41, 5.74) is 8.90. The van der Waals surface area contributed by atoms with Crippen LogP contribution in [0.15, 0.2) is 36.4 Å². The van der Waals surface area contributed by atoms with Crippen molar-refractivity contribution in [1.29, 1.82) is 0 Å². The van der Waals surface area contributed by atoms with Crippen molar-refractivity contribution < 1.29 is 9.53 Å². The van der Waals surface area contributed by atoms with E-state index in [4.69, 9.17) is 15.5 Å². The molecule has 1 saturated heterocycles. The molecule has 2 aliphatic heterocycles. The molecule has 8 nitrogen and oxygen atoms in total. The van der Waals surface area contributed by atoms with E-state index in [1.165, 1.54) is 12.8 Å². The number of benzene rings is 1. The number of aromatic nitrogens is 3. The number of anilines is 2. The Hall–Kier alpha value is -3.26. The lowest BCUT2D eigenvalue weighted by molar-refractivity contribution is -0.145. The SMILES string of the molecule is CCCCCc1ccc2nc(N)nc(N3CCN(C4(C=O)CCc5ccccc5O4)CC3)c2n1. The Labute approximate surface area is 200 Å². The smallest absolute Gasteiger partial charge is 0.222 e. The number of carbonyl (C=O) groups is 1. The van der Waals surface area contributed by atoms with Crippen molar-refractivity contribution in [2.75, 3.05) is 36.8 Å². The molecule has 2 aliphatic rings. The number of pyridine rings is 1. The molecule has 1 aromatic carbocycles. The fourth-order valence-corrected chi connectivity index (χ4v) is 5.01. The van der Waals surface area contributed by atoms with Gasteiger partial charge >= 0.3 is 0 Å². The molecule has 0 amide bonds. The second kappa shape index (κ2) is 9.54. The van der Waals surface area contributed by atoms with Gasteiger partial charge in [0.05, 0.1) is 5.52 Å². The average Bonchev–Trinajstić information content (AvgIpc) is 2.88. The first-order valence-corrected chi connectivity index (χ1v) is 12.3. The molecule has 1 fully saturated rings. The van der Waals surface area contributed by atoms with E-state index in [0.717, 1.165) is 59.4 Å². The molecule has 0 saturated carbocycles. The maximum Gasteiger partial charge on any atom is 0.222 e. The van der Waals surface area contributed by atoms with Crippen LogP contribution in [0.1, 0.15) is 43.9 Å². The summed E-state index contributed by atoms with van der Waals surface area (Å²) >= 11 is 0. The van der Waals surface area contributed by atoms with Crippen molar-refractivity contribution in [3.05, 3.63) is 47.7 Å². The van der Waals surface area contributed by atoms with Gasteiger partial charge in [0, 0.05) is 38.3 Å². The van der Waals surface area contributed by atoms with Crippen molar-refractivity contribution in [3.8, 4) is 5.75 Å². The van der Waals surface area contributed by atoms with Gasteiger partial charge in [-0.2, -0.15) is 4.98 Å². The van der Waals surface area contributed by atoms with Crippen LogP contribution in [0.4, 0.5) is 11.8 Å². The van der Waals surface area contributed by atoms with E-state index in [9.17, 15) is 4.79 Å². The van der Waals surface area contributed by atoms with Gasteiger partial charge in [-0.05, 0) is 43.0 Å². The van der Waals surface area contributed by atoms with Crippen LogP contribution in [-0.2, 0) is 17.6 Å². The second-order valence-electron chi connectivity index (χ2n) is 9.18. The highest BCUT2D eigenvalue weighted by Crippen LogP contribution is 2.35. The number of nitrogen functional groups attached to an aromatic ring is 1. The van der Waals surface area contributed by atoms with Gasteiger partial charge < -0.3 is 15.4 Å². The number of para-hydroxylation sites is 1. The first kappa shape index (κ1) is 22.5. The molecule has 0 spiro atoms. The summed E-state index contributed by atoms with van der Waals surface area (Å²) in [7, 11) is 0. The first-order chi connectivity index (χ1) is 16.6. The maximum atomic E-state index is 12.3. The average molecular weight is 461 g/mol. The van der Waals surface area contributed by atoms with E-state index in [1.807, 2.05) is 30.3 Å². The number of ether oxygens (including phenoxy) is 1. The molecule has 0 bridgehead atoms. The highest BCUT2D eigenvalue weighted by atomic mass is 16.5. The minimum atomic E-state index is -0.919. The Balaban J connectivity index is 1.35. The van der Waals surface area contributed by atoms with E-state index in [2.05, 4.69) is 32.8 Å². The molecule has 2 aromatic heterocycles. The fraction of sp³-hybridized carbons (Fsp3) is 0.462. The van der Waals surface area contributed by atoms with E-state index < -0.39 is 5.72 Å². The van der Waals surface area contributed by atoms with Crippen LogP contribution in [0.25, 0.3) is 11.0 Å². The standard InChI is InChI=1S/C26H32N6O2/c1-2-3-4-8-20-10-11-21-23(28-20)24(30-25(27)29-21)31-14-16-32(17-15-31)26(18-33)13-12-19-7-5-6-9-22(19)34-26/h5-7,9-11,18H,2-4,8,12-17H2,1H3,(H2,27,29,30). The van der Waals surface area contributed by atoms with Gasteiger partial charge in [-0.1, -0.05) is 38.0 Å². The summed E-state index contributed by atoms with van der Waals surface area (Å²) in [6.07, 6.45) is 6.89. The monoisotopic (exact) mass is 460 g/mol. The predicted octanol–water partition coefficient (Wildman–Crippen LogP) is 3.38. The van der Waals surface area contributed by atoms with E-state index in [-0.39, 0.29) is 5.95 Å². The number of nitrogens with two attached hydrogens (primary N) is 1. The topological polar surface area (TPSA) is 97.5 Å². The number of nitrogens with zero attached hydrogens (tertiary/aromatic N) is 5. The van der Waals surface area contributed by atoms with Gasteiger partial charge in [0.1, 0.15) is 11.3 Å². The minimum Gasteiger partial charge on any atom is -0.465 e. The van der Waals surface area contributed by atoms with Crippen LogP contribution in [0.2, 0.25) is 0 Å². The summed E-state index contributed by atoms with van der Waals surface area (Å²) in [4.78, 5) is 30.5. The Kier molecular flexibility index (Phi) is 6.32. The van der Waals surface area contributed by atoms with Crippen LogP contribution in [0.3, 0.4) is 0 Å². The quantitative estimate of drug-likeness (QED) is 0.423. The Morgan fingerprint density at radius 3 is 2.68 bits per heavy atom. The van der Waals surface area contributed by atoms with Gasteiger partial charge in [0.25, 0.3) is 0 Å². The number of aldehydes is 1. The predicted molar refractivity (Wildman–Crippen MR) is 133 cm³/mol. The Bertz CT molecular complexity index is 1180. The number of hydrogen-bond donors (Lipinski definition) is 1. The molecular formula is C26H32N6O2. The zero-order valence-corrected chi connectivity index (χ0v) is 19.7. The number of rotatable bonds is 7. The van der Waals surface area contributed by atoms with E-state index >= 15 is 0 Å². The first-order valence-electron chi connectivity index (χ1n) is 12.3. The molecule has 2 N–H and O–H groups in total. The number of piperazine rings is 1. The van der Waals surface area contributed by atoms with Gasteiger partial charge in [0.15, 0.2) is 12.1 Å². The lowest BCUT2D eigenvalue weighted by atomic mass is 9.96. The lowest BCUT2D eigenvalue weighted by Gasteiger charge is -2.46. The number of unbranched alkanes of at least 4 members (excludes halogenated alkanes) is 2. The van der Waals surface area contributed by atoms with Crippen molar-refractivity contribution in [2.24, 2.45) is 0 Å². The van der Waals surface area contributed by atoms with Gasteiger partial charge in [-0.3, -0.25) is 9.69 Å². The largest absolute Gasteiger partial charge is 0.465 e. The van der Waals surface area contributed by atoms with Crippen molar-refractivity contribution >= 4 is 29.1 Å². The highest BCUT2D eigenvalue weighted by molar-refractivity contribution is 5.86. The van der Waals surface area contributed by atoms with Crippen LogP contribution in [0.5, 0.6) is 5.75 Å². The molecule has 1 unspecified atom stereocenters. The molecule has 0 aliphatic carbocycles. The molecule has 178 valence electrons. The zero-order chi connectivity index (χ0) is 23.5. The van der Waals surface area contributed by atoms with Crippen molar-refractivity contribution in [1.82, 2.24) is 19.9 Å². The second-order valence-corrected chi connectivity index (χ2v) is 9.18. The number of fused-ring (bicyclic) bond motifs is 2. The molecule has 1 atom stereocenters. The fourth-order valence-electron chi connectivity index (χ4n) is 5.01. The third-order valence-corrected chi connectivity index (χ3v) is 6.95. The summed E-state index contributed by atoms with van der Waals surface area (Å²) in [5.74, 6) is 1.83. The minimum absolute atomic E-state index is 0.252. The third-order valence-electron chi connectivity index (χ3n) is 6.95. The van der Waals surface area contributed by atoms with Crippen LogP contribution < -0.4 is 15.4 Å². The van der Waals surface area contributed by atoms with Crippen LogP contribution in [0, 0.1) is 0 Å². The third kappa shape index (κ3) is 4.30. The molecule has 3 aromatic rings. The zero-order valence-electron chi connectivity index (χ0n) is 19.7. The molecular weight excluding hydrogens is 428 g/mol. The Morgan fingerprint density at radius 2 is 1.88 bits per heavy atom. The Morgan fingerprint density at radius 1 is 1.06 bits per heavy atom. The number of aryl methyl sites for hydroxylation is 2. The maximum absolute atomic E-state index is 12.3. The van der Waals surface area contributed by atoms with Crippen molar-refractivity contribution in [3.63, 3.8) is 0 Å². The summed E-state index contributed by atoms with van der Waals surface area (Å²) in [6, 6.07) is 12.0.